The number of hydroxylamine groups is 2. The number of carbonyl (C=O) groups excluding carboxylic acids is 1. The number of aryl methyl sites for hydroxylation is 2. The lowest BCUT2D eigenvalue weighted by Crippen LogP contribution is -2.25. The summed E-state index contributed by atoms with van der Waals surface area (Å²) in [5.74, 6) is 0.528. The second kappa shape index (κ2) is 7.40. The number of ether oxygens (including phenoxy) is 1. The molecule has 25 heavy (non-hydrogen) atoms. The highest BCUT2D eigenvalue weighted by atomic mass is 16.5. The van der Waals surface area contributed by atoms with Crippen molar-refractivity contribution < 1.29 is 14.7 Å². The maximum absolute atomic E-state index is 12.2. The first-order valence-electron chi connectivity index (χ1n) is 8.32. The van der Waals surface area contributed by atoms with Crippen LogP contribution in [0.2, 0.25) is 0 Å². The van der Waals surface area contributed by atoms with Crippen molar-refractivity contribution in [3.8, 4) is 5.75 Å². The van der Waals surface area contributed by atoms with Crippen LogP contribution >= 0.6 is 0 Å². The van der Waals surface area contributed by atoms with Gasteiger partial charge < -0.3 is 10.1 Å². The average molecular weight is 338 g/mol. The van der Waals surface area contributed by atoms with Crippen molar-refractivity contribution in [3.05, 3.63) is 70.9 Å². The summed E-state index contributed by atoms with van der Waals surface area (Å²) in [4.78, 5) is 12.2. The van der Waals surface area contributed by atoms with E-state index in [4.69, 9.17) is 4.74 Å². The molecule has 2 aromatic rings. The largest absolute Gasteiger partial charge is 0.496 e. The van der Waals surface area contributed by atoms with Gasteiger partial charge in [0.15, 0.2) is 5.70 Å². The number of rotatable bonds is 7. The van der Waals surface area contributed by atoms with Gasteiger partial charge in [-0.1, -0.05) is 30.3 Å². The topological polar surface area (TPSA) is 61.6 Å². The third-order valence-corrected chi connectivity index (χ3v) is 4.25. The molecule has 2 N–H and O–H groups in total. The van der Waals surface area contributed by atoms with Crippen LogP contribution in [0.15, 0.2) is 54.2 Å². The molecule has 0 aliphatic carbocycles. The van der Waals surface area contributed by atoms with E-state index in [0.29, 0.717) is 17.9 Å². The lowest BCUT2D eigenvalue weighted by atomic mass is 10.1. The fraction of sp³-hybridized carbons (Fsp3) is 0.250. The lowest BCUT2D eigenvalue weighted by Gasteiger charge is -2.05. The quantitative estimate of drug-likeness (QED) is 0.762. The normalized spacial score (nSPS) is 13.0. The number of nitrogens with one attached hydrogen (secondary N) is 1. The molecular formula is C20H22N2O3. The third kappa shape index (κ3) is 3.83. The van der Waals surface area contributed by atoms with Crippen LogP contribution in [0.1, 0.15) is 23.1 Å². The first-order chi connectivity index (χ1) is 12.1. The Morgan fingerprint density at radius 2 is 1.96 bits per heavy atom. The molecule has 1 amide bonds. The highest BCUT2D eigenvalue weighted by Crippen LogP contribution is 2.39. The molecule has 1 aliphatic heterocycles. The smallest absolute Gasteiger partial charge is 0.272 e. The van der Waals surface area contributed by atoms with E-state index in [1.54, 1.807) is 7.11 Å². The summed E-state index contributed by atoms with van der Waals surface area (Å²) in [5, 5.41) is 13.7. The van der Waals surface area contributed by atoms with E-state index in [1.807, 2.05) is 43.3 Å². The van der Waals surface area contributed by atoms with Crippen LogP contribution in [0.5, 0.6) is 5.75 Å². The molecule has 0 saturated carbocycles. The van der Waals surface area contributed by atoms with Crippen LogP contribution in [0, 0.1) is 6.92 Å². The Morgan fingerprint density at radius 1 is 1.20 bits per heavy atom. The molecule has 130 valence electrons. The van der Waals surface area contributed by atoms with Crippen LogP contribution in [0.3, 0.4) is 0 Å². The number of hydrogen-bond acceptors (Lipinski definition) is 4. The Morgan fingerprint density at radius 3 is 2.64 bits per heavy atom. The van der Waals surface area contributed by atoms with Crippen molar-refractivity contribution >= 4 is 11.6 Å². The number of amides is 1. The number of benzene rings is 2. The molecule has 1 heterocycles. The second-order valence-corrected chi connectivity index (χ2v) is 6.04. The Hall–Kier alpha value is -2.79. The molecule has 0 spiro atoms. The van der Waals surface area contributed by atoms with Crippen molar-refractivity contribution in [1.29, 1.82) is 0 Å². The average Bonchev–Trinajstić information content (AvgIpc) is 3.30. The molecular weight excluding hydrogens is 316 g/mol. The van der Waals surface area contributed by atoms with Crippen molar-refractivity contribution in [1.82, 2.24) is 10.4 Å². The highest BCUT2D eigenvalue weighted by Gasteiger charge is 2.39. The van der Waals surface area contributed by atoms with Crippen LogP contribution in [0.4, 0.5) is 0 Å². The predicted molar refractivity (Wildman–Crippen MR) is 96.0 cm³/mol. The van der Waals surface area contributed by atoms with E-state index in [0.717, 1.165) is 34.8 Å². The molecule has 2 aromatic carbocycles. The van der Waals surface area contributed by atoms with Gasteiger partial charge in [-0.25, -0.2) is 5.06 Å². The molecule has 0 fully saturated rings. The molecule has 0 bridgehead atoms. The van der Waals surface area contributed by atoms with Gasteiger partial charge in [0, 0.05) is 12.1 Å². The molecule has 5 heteroatoms. The van der Waals surface area contributed by atoms with E-state index in [2.05, 4.69) is 17.4 Å². The molecule has 5 nitrogen and oxygen atoms in total. The summed E-state index contributed by atoms with van der Waals surface area (Å²) in [6.45, 7) is 2.50. The Kier molecular flexibility index (Phi) is 5.05. The van der Waals surface area contributed by atoms with Crippen LogP contribution in [0.25, 0.3) is 5.70 Å². The van der Waals surface area contributed by atoms with Crippen LogP contribution in [-0.4, -0.2) is 29.8 Å². The number of nitrogens with zero attached hydrogens (tertiary/aromatic N) is 1. The Bertz CT molecular complexity index is 800. The Balaban J connectivity index is 1.56. The number of carbonyl (C=O) groups is 1. The molecule has 0 saturated heterocycles. The third-order valence-electron chi connectivity index (χ3n) is 4.25. The van der Waals surface area contributed by atoms with Gasteiger partial charge in [0.1, 0.15) is 11.4 Å². The number of methoxy groups -OCH3 is 1. The van der Waals surface area contributed by atoms with Crippen molar-refractivity contribution in [2.75, 3.05) is 13.7 Å². The first kappa shape index (κ1) is 17.0. The van der Waals surface area contributed by atoms with E-state index in [-0.39, 0.29) is 5.91 Å². The Labute approximate surface area is 147 Å². The van der Waals surface area contributed by atoms with Crippen molar-refractivity contribution in [3.63, 3.8) is 0 Å². The molecule has 3 rings (SSSR count). The van der Waals surface area contributed by atoms with Crippen LogP contribution < -0.4 is 10.1 Å². The minimum atomic E-state index is -0.251. The summed E-state index contributed by atoms with van der Waals surface area (Å²) in [6, 6.07) is 15.7. The van der Waals surface area contributed by atoms with Gasteiger partial charge in [-0.2, -0.15) is 0 Å². The SMILES string of the molecule is COc1ccc(C2=C(C(=O)NCCCc3ccccc3)N2O)cc1C. The maximum Gasteiger partial charge on any atom is 0.272 e. The fourth-order valence-electron chi connectivity index (χ4n) is 2.87. The van der Waals surface area contributed by atoms with Gasteiger partial charge in [0.05, 0.1) is 7.11 Å². The minimum Gasteiger partial charge on any atom is -0.496 e. The van der Waals surface area contributed by atoms with Gasteiger partial charge in [0.25, 0.3) is 5.91 Å². The van der Waals surface area contributed by atoms with E-state index >= 15 is 0 Å². The van der Waals surface area contributed by atoms with Crippen LogP contribution in [-0.2, 0) is 11.2 Å². The summed E-state index contributed by atoms with van der Waals surface area (Å²) in [5.41, 5.74) is 3.86. The molecule has 1 aliphatic rings. The molecule has 0 radical (unpaired) electrons. The zero-order valence-corrected chi connectivity index (χ0v) is 14.5. The maximum atomic E-state index is 12.2. The highest BCUT2D eigenvalue weighted by molar-refractivity contribution is 6.08. The molecule has 0 aromatic heterocycles. The van der Waals surface area contributed by atoms with E-state index < -0.39 is 0 Å². The standard InChI is InChI=1S/C20H22N2O3/c1-14-13-16(10-11-17(14)25-2)18-19(22(18)24)20(23)21-12-6-9-15-7-4-3-5-8-15/h3-5,7-8,10-11,13,24H,6,9,12H2,1-2H3,(H,21,23). The van der Waals surface area contributed by atoms with Gasteiger partial charge >= 0.3 is 0 Å². The summed E-state index contributed by atoms with van der Waals surface area (Å²) in [7, 11) is 1.62. The summed E-state index contributed by atoms with van der Waals surface area (Å²) in [6.07, 6.45) is 1.76. The van der Waals surface area contributed by atoms with E-state index in [1.165, 1.54) is 5.56 Å². The zero-order chi connectivity index (χ0) is 17.8. The van der Waals surface area contributed by atoms with Crippen molar-refractivity contribution in [2.45, 2.75) is 19.8 Å². The van der Waals surface area contributed by atoms with Gasteiger partial charge in [-0.3, -0.25) is 10.0 Å². The lowest BCUT2D eigenvalue weighted by molar-refractivity contribution is -0.119. The van der Waals surface area contributed by atoms with Gasteiger partial charge in [0.2, 0.25) is 0 Å². The zero-order valence-electron chi connectivity index (χ0n) is 14.5. The van der Waals surface area contributed by atoms with E-state index in [9.17, 15) is 10.0 Å². The summed E-state index contributed by atoms with van der Waals surface area (Å²) >= 11 is 0. The molecule has 0 unspecified atom stereocenters. The summed E-state index contributed by atoms with van der Waals surface area (Å²) < 4.78 is 5.23. The molecule has 0 atom stereocenters. The van der Waals surface area contributed by atoms with Gasteiger partial charge in [-0.15, -0.1) is 0 Å². The van der Waals surface area contributed by atoms with Crippen molar-refractivity contribution in [2.24, 2.45) is 0 Å². The second-order valence-electron chi connectivity index (χ2n) is 6.04. The van der Waals surface area contributed by atoms with Gasteiger partial charge in [-0.05, 0) is 49.1 Å². The fourth-order valence-corrected chi connectivity index (χ4v) is 2.87. The number of hydrogen-bond donors (Lipinski definition) is 2. The predicted octanol–water partition coefficient (Wildman–Crippen LogP) is 3.13. The minimum absolute atomic E-state index is 0.251. The monoisotopic (exact) mass is 338 g/mol. The first-order valence-corrected chi connectivity index (χ1v) is 8.32.